The zero-order valence-electron chi connectivity index (χ0n) is 18.4. The third kappa shape index (κ3) is 7.33. The lowest BCUT2D eigenvalue weighted by atomic mass is 10.0. The highest BCUT2D eigenvalue weighted by molar-refractivity contribution is 14.0. The Bertz CT molecular complexity index is 842. The van der Waals surface area contributed by atoms with Crippen molar-refractivity contribution in [2.45, 2.75) is 19.5 Å². The molecule has 3 rings (SSSR count). The molecule has 1 heterocycles. The fourth-order valence-electron chi connectivity index (χ4n) is 3.62. The Morgan fingerprint density at radius 3 is 2.52 bits per heavy atom. The van der Waals surface area contributed by atoms with Crippen LogP contribution < -0.4 is 15.4 Å². The summed E-state index contributed by atoms with van der Waals surface area (Å²) < 4.78 is 24.4. The fraction of sp³-hybridized carbons (Fsp3) is 0.435. The van der Waals surface area contributed by atoms with Crippen LogP contribution in [0.2, 0.25) is 0 Å². The van der Waals surface area contributed by atoms with E-state index in [1.807, 2.05) is 25.1 Å². The molecule has 8 heteroatoms. The van der Waals surface area contributed by atoms with Crippen LogP contribution in [0.15, 0.2) is 47.5 Å². The summed E-state index contributed by atoms with van der Waals surface area (Å²) in [5.74, 6) is 1.34. The summed E-state index contributed by atoms with van der Waals surface area (Å²) >= 11 is 0. The molecule has 1 aliphatic heterocycles. The van der Waals surface area contributed by atoms with Crippen LogP contribution in [0, 0.1) is 12.7 Å². The van der Waals surface area contributed by atoms with Gasteiger partial charge in [0.05, 0.1) is 26.4 Å². The Morgan fingerprint density at radius 1 is 1.16 bits per heavy atom. The Kier molecular flexibility index (Phi) is 10.5. The standard InChI is InChI=1S/C23H31FN4O2.HI/c1-17-4-5-19(22(14-17)29-3)15-26-23(25-2)27-16-21(28-10-12-30-13-11-28)18-6-8-20(24)9-7-18;/h4-9,14,21H,10-13,15-16H2,1-3H3,(H2,25,26,27);1H. The first kappa shape index (κ1) is 25.4. The lowest BCUT2D eigenvalue weighted by molar-refractivity contribution is 0.0170. The molecule has 31 heavy (non-hydrogen) atoms. The summed E-state index contributed by atoms with van der Waals surface area (Å²) in [5, 5.41) is 6.78. The predicted molar refractivity (Wildman–Crippen MR) is 133 cm³/mol. The number of ether oxygens (including phenoxy) is 2. The number of rotatable bonds is 7. The molecule has 6 nitrogen and oxygen atoms in total. The van der Waals surface area contributed by atoms with E-state index in [4.69, 9.17) is 9.47 Å². The Balaban J connectivity index is 0.00000341. The molecule has 0 aromatic heterocycles. The Morgan fingerprint density at radius 2 is 1.87 bits per heavy atom. The van der Waals surface area contributed by atoms with Crippen LogP contribution in [-0.2, 0) is 11.3 Å². The number of hydrogen-bond acceptors (Lipinski definition) is 4. The van der Waals surface area contributed by atoms with Gasteiger partial charge in [0.25, 0.3) is 0 Å². The van der Waals surface area contributed by atoms with Crippen molar-refractivity contribution < 1.29 is 13.9 Å². The maximum atomic E-state index is 13.4. The van der Waals surface area contributed by atoms with Gasteiger partial charge in [0.2, 0.25) is 0 Å². The maximum absolute atomic E-state index is 13.4. The quantitative estimate of drug-likeness (QED) is 0.319. The van der Waals surface area contributed by atoms with E-state index in [1.54, 1.807) is 14.2 Å². The highest BCUT2D eigenvalue weighted by atomic mass is 127. The zero-order chi connectivity index (χ0) is 21.3. The van der Waals surface area contributed by atoms with E-state index < -0.39 is 0 Å². The second-order valence-electron chi connectivity index (χ2n) is 7.34. The molecule has 170 valence electrons. The number of aryl methyl sites for hydroxylation is 1. The number of guanidine groups is 1. The monoisotopic (exact) mass is 542 g/mol. The van der Waals surface area contributed by atoms with Gasteiger partial charge in [0.15, 0.2) is 5.96 Å². The fourth-order valence-corrected chi connectivity index (χ4v) is 3.62. The van der Waals surface area contributed by atoms with E-state index in [1.165, 1.54) is 12.1 Å². The van der Waals surface area contributed by atoms with Gasteiger partial charge in [0.1, 0.15) is 11.6 Å². The van der Waals surface area contributed by atoms with E-state index in [0.717, 1.165) is 35.5 Å². The predicted octanol–water partition coefficient (Wildman–Crippen LogP) is 3.50. The van der Waals surface area contributed by atoms with Crippen LogP contribution in [0.5, 0.6) is 5.75 Å². The van der Waals surface area contributed by atoms with Crippen LogP contribution in [0.25, 0.3) is 0 Å². The molecule has 0 spiro atoms. The maximum Gasteiger partial charge on any atom is 0.191 e. The second kappa shape index (κ2) is 12.8. The third-order valence-electron chi connectivity index (χ3n) is 5.32. The number of aliphatic imine (C=N–C) groups is 1. The van der Waals surface area contributed by atoms with Crippen LogP contribution >= 0.6 is 24.0 Å². The summed E-state index contributed by atoms with van der Waals surface area (Å²) in [4.78, 5) is 6.71. The SMILES string of the molecule is CN=C(NCc1ccc(C)cc1OC)NCC(c1ccc(F)cc1)N1CCOCC1.I. The highest BCUT2D eigenvalue weighted by Crippen LogP contribution is 2.22. The molecule has 0 radical (unpaired) electrons. The second-order valence-corrected chi connectivity index (χ2v) is 7.34. The van der Waals surface area contributed by atoms with Crippen LogP contribution in [-0.4, -0.2) is 57.9 Å². The molecule has 0 amide bonds. The molecule has 2 aromatic rings. The topological polar surface area (TPSA) is 58.1 Å². The molecule has 2 aromatic carbocycles. The minimum absolute atomic E-state index is 0. The third-order valence-corrected chi connectivity index (χ3v) is 5.32. The minimum atomic E-state index is -0.225. The molecule has 1 unspecified atom stereocenters. The Hall–Kier alpha value is -1.91. The van der Waals surface area contributed by atoms with Crippen molar-refractivity contribution >= 4 is 29.9 Å². The van der Waals surface area contributed by atoms with Crippen LogP contribution in [0.1, 0.15) is 22.7 Å². The minimum Gasteiger partial charge on any atom is -0.496 e. The lowest BCUT2D eigenvalue weighted by Crippen LogP contribution is -2.46. The largest absolute Gasteiger partial charge is 0.496 e. The molecule has 0 bridgehead atoms. The van der Waals surface area contributed by atoms with E-state index >= 15 is 0 Å². The summed E-state index contributed by atoms with van der Waals surface area (Å²) in [6.45, 7) is 6.39. The highest BCUT2D eigenvalue weighted by Gasteiger charge is 2.23. The first-order valence-electron chi connectivity index (χ1n) is 10.3. The summed E-state index contributed by atoms with van der Waals surface area (Å²) in [6, 6.07) is 13.0. The van der Waals surface area contributed by atoms with Gasteiger partial charge in [-0.25, -0.2) is 4.39 Å². The average Bonchev–Trinajstić information content (AvgIpc) is 2.78. The van der Waals surface area contributed by atoms with Gasteiger partial charge >= 0.3 is 0 Å². The summed E-state index contributed by atoms with van der Waals surface area (Å²) in [7, 11) is 3.43. The summed E-state index contributed by atoms with van der Waals surface area (Å²) in [6.07, 6.45) is 0. The van der Waals surface area contributed by atoms with E-state index in [2.05, 4.69) is 32.7 Å². The van der Waals surface area contributed by atoms with Crippen molar-refractivity contribution in [3.63, 3.8) is 0 Å². The van der Waals surface area contributed by atoms with Crippen LogP contribution in [0.3, 0.4) is 0 Å². The van der Waals surface area contributed by atoms with Crippen molar-refractivity contribution in [2.75, 3.05) is 47.0 Å². The molecular formula is C23H32FIN4O2. The van der Waals surface area contributed by atoms with Crippen molar-refractivity contribution in [1.82, 2.24) is 15.5 Å². The average molecular weight is 542 g/mol. The van der Waals surface area contributed by atoms with Gasteiger partial charge in [-0.2, -0.15) is 0 Å². The van der Waals surface area contributed by atoms with Crippen LogP contribution in [0.4, 0.5) is 4.39 Å². The van der Waals surface area contributed by atoms with Crippen molar-refractivity contribution in [2.24, 2.45) is 4.99 Å². The molecule has 1 atom stereocenters. The number of hydrogen-bond donors (Lipinski definition) is 2. The van der Waals surface area contributed by atoms with Gasteiger partial charge < -0.3 is 20.1 Å². The normalized spacial score (nSPS) is 15.7. The van der Waals surface area contributed by atoms with E-state index in [9.17, 15) is 4.39 Å². The molecule has 0 aliphatic carbocycles. The number of halogens is 2. The number of nitrogens with zero attached hydrogens (tertiary/aromatic N) is 2. The van der Waals surface area contributed by atoms with Crippen molar-refractivity contribution in [3.8, 4) is 5.75 Å². The lowest BCUT2D eigenvalue weighted by Gasteiger charge is -2.35. The van der Waals surface area contributed by atoms with E-state index in [0.29, 0.717) is 32.3 Å². The zero-order valence-corrected chi connectivity index (χ0v) is 20.7. The molecule has 0 saturated carbocycles. The Labute approximate surface area is 201 Å². The number of methoxy groups -OCH3 is 1. The van der Waals surface area contributed by atoms with Crippen molar-refractivity contribution in [1.29, 1.82) is 0 Å². The van der Waals surface area contributed by atoms with Gasteiger partial charge in [0, 0.05) is 38.8 Å². The van der Waals surface area contributed by atoms with E-state index in [-0.39, 0.29) is 35.8 Å². The smallest absolute Gasteiger partial charge is 0.191 e. The molecule has 2 N–H and O–H groups in total. The van der Waals surface area contributed by atoms with Gasteiger partial charge in [-0.05, 0) is 36.2 Å². The number of nitrogens with one attached hydrogen (secondary N) is 2. The van der Waals surface area contributed by atoms with Crippen molar-refractivity contribution in [3.05, 3.63) is 65.0 Å². The number of morpholine rings is 1. The van der Waals surface area contributed by atoms with Gasteiger partial charge in [-0.15, -0.1) is 24.0 Å². The molecule has 1 fully saturated rings. The first-order valence-corrected chi connectivity index (χ1v) is 10.3. The molecule has 1 saturated heterocycles. The van der Waals surface area contributed by atoms with Gasteiger partial charge in [-0.1, -0.05) is 24.3 Å². The van der Waals surface area contributed by atoms with Gasteiger partial charge in [-0.3, -0.25) is 9.89 Å². The molecule has 1 aliphatic rings. The first-order chi connectivity index (χ1) is 14.6. The summed E-state index contributed by atoms with van der Waals surface area (Å²) in [5.41, 5.74) is 3.29. The number of benzene rings is 2. The molecular weight excluding hydrogens is 510 g/mol.